The van der Waals surface area contributed by atoms with Crippen LogP contribution < -0.4 is 5.73 Å². The Kier molecular flexibility index (Phi) is 4.87. The molecule has 13 heteroatoms. The van der Waals surface area contributed by atoms with Gasteiger partial charge in [0.15, 0.2) is 5.69 Å². The van der Waals surface area contributed by atoms with Gasteiger partial charge in [-0.2, -0.15) is 31.4 Å². The highest BCUT2D eigenvalue weighted by Gasteiger charge is 2.38. The quantitative estimate of drug-likeness (QED) is 0.504. The summed E-state index contributed by atoms with van der Waals surface area (Å²) >= 11 is 11.7. The number of nitrogens with two attached hydrogens (primary N) is 1. The van der Waals surface area contributed by atoms with Crippen molar-refractivity contribution in [2.24, 2.45) is 0 Å². The second-order valence-corrected chi connectivity index (χ2v) is 6.39. The Labute approximate surface area is 161 Å². The lowest BCUT2D eigenvalue weighted by Crippen LogP contribution is -2.11. The largest absolute Gasteiger partial charge is 0.434 e. The molecule has 0 saturated carbocycles. The number of benzene rings is 1. The molecule has 28 heavy (non-hydrogen) atoms. The smallest absolute Gasteiger partial charge is 0.383 e. The van der Waals surface area contributed by atoms with Crippen LogP contribution in [0.25, 0.3) is 16.6 Å². The zero-order chi connectivity index (χ0) is 21.0. The normalized spacial score (nSPS) is 12.8. The van der Waals surface area contributed by atoms with E-state index >= 15 is 0 Å². The molecular formula is C15H7Cl2F7N4. The summed E-state index contributed by atoms with van der Waals surface area (Å²) in [7, 11) is 0. The van der Waals surface area contributed by atoms with Crippen LogP contribution in [0.1, 0.15) is 17.0 Å². The summed E-state index contributed by atoms with van der Waals surface area (Å²) in [6, 6.07) is 2.00. The van der Waals surface area contributed by atoms with Crippen molar-refractivity contribution in [3.63, 3.8) is 0 Å². The van der Waals surface area contributed by atoms with E-state index in [1.165, 1.54) is 0 Å². The minimum atomic E-state index is -4.99. The Morgan fingerprint density at radius 3 is 2.00 bits per heavy atom. The number of fused-ring (bicyclic) bond motifs is 1. The maximum absolute atomic E-state index is 13.3. The zero-order valence-electron chi connectivity index (χ0n) is 13.3. The average molecular weight is 447 g/mol. The predicted octanol–water partition coefficient (Wildman–Crippen LogP) is 5.82. The van der Waals surface area contributed by atoms with Crippen LogP contribution in [-0.4, -0.2) is 14.8 Å². The van der Waals surface area contributed by atoms with Gasteiger partial charge in [0.05, 0.1) is 32.2 Å². The highest BCUT2D eigenvalue weighted by Crippen LogP contribution is 2.41. The van der Waals surface area contributed by atoms with Crippen LogP contribution in [-0.2, 0) is 19.0 Å². The highest BCUT2D eigenvalue weighted by molar-refractivity contribution is 6.38. The molecule has 2 N–H and O–H groups in total. The third kappa shape index (κ3) is 3.44. The van der Waals surface area contributed by atoms with Crippen LogP contribution in [0.2, 0.25) is 10.0 Å². The minimum Gasteiger partial charge on any atom is -0.383 e. The van der Waals surface area contributed by atoms with Crippen LogP contribution in [0.5, 0.6) is 0 Å². The van der Waals surface area contributed by atoms with E-state index in [1.807, 2.05) is 0 Å². The molecule has 150 valence electrons. The number of aromatic nitrogens is 3. The number of halogens is 9. The summed E-state index contributed by atoms with van der Waals surface area (Å²) in [4.78, 5) is 3.20. The Balaban J connectivity index is 2.33. The van der Waals surface area contributed by atoms with E-state index in [-0.39, 0.29) is 11.2 Å². The van der Waals surface area contributed by atoms with Crippen molar-refractivity contribution in [3.05, 3.63) is 45.2 Å². The van der Waals surface area contributed by atoms with Crippen molar-refractivity contribution in [2.75, 3.05) is 5.73 Å². The molecule has 0 aliphatic rings. The van der Waals surface area contributed by atoms with Gasteiger partial charge in [-0.15, -0.1) is 0 Å². The second kappa shape index (κ2) is 6.66. The Hall–Kier alpha value is -2.27. The SMILES string of the molecule is Nc1c2c(C(F)(F)F)nc(CF)cc2nn1-c1c(Cl)cc(C(F)(F)F)cc1Cl. The first kappa shape index (κ1) is 20.5. The summed E-state index contributed by atoms with van der Waals surface area (Å²) in [5.41, 5.74) is 1.81. The predicted molar refractivity (Wildman–Crippen MR) is 88.1 cm³/mol. The van der Waals surface area contributed by atoms with Crippen molar-refractivity contribution in [1.29, 1.82) is 0 Å². The Bertz CT molecular complexity index is 1050. The lowest BCUT2D eigenvalue weighted by molar-refractivity contribution is -0.140. The lowest BCUT2D eigenvalue weighted by atomic mass is 10.2. The number of nitrogen functional groups attached to an aromatic ring is 1. The van der Waals surface area contributed by atoms with Crippen LogP contribution >= 0.6 is 23.2 Å². The van der Waals surface area contributed by atoms with E-state index in [0.717, 1.165) is 6.07 Å². The third-order valence-corrected chi connectivity index (χ3v) is 4.28. The average Bonchev–Trinajstić information content (AvgIpc) is 2.88. The number of hydrogen-bond donors (Lipinski definition) is 1. The second-order valence-electron chi connectivity index (χ2n) is 5.57. The first-order chi connectivity index (χ1) is 12.8. The molecule has 0 amide bonds. The number of pyridine rings is 1. The fourth-order valence-electron chi connectivity index (χ4n) is 2.56. The van der Waals surface area contributed by atoms with Crippen molar-refractivity contribution in [2.45, 2.75) is 19.0 Å². The van der Waals surface area contributed by atoms with Gasteiger partial charge < -0.3 is 5.73 Å². The van der Waals surface area contributed by atoms with Crippen molar-refractivity contribution < 1.29 is 30.7 Å². The van der Waals surface area contributed by atoms with Crippen molar-refractivity contribution >= 4 is 39.9 Å². The van der Waals surface area contributed by atoms with Gasteiger partial charge in [0.1, 0.15) is 18.2 Å². The standard InChI is InChI=1S/C15H7Cl2F7N4/c16-7-1-5(14(19,20)21)2-8(17)11(7)28-13(25)10-9(27-28)3-6(4-18)26-12(10)15(22,23)24/h1-3H,4,25H2. The van der Waals surface area contributed by atoms with Gasteiger partial charge in [0.2, 0.25) is 0 Å². The summed E-state index contributed by atoms with van der Waals surface area (Å²) in [6.45, 7) is -1.30. The Morgan fingerprint density at radius 1 is 0.964 bits per heavy atom. The molecule has 1 aromatic carbocycles. The molecule has 3 rings (SSSR count). The molecule has 0 atom stereocenters. The van der Waals surface area contributed by atoms with Crippen LogP contribution in [0.3, 0.4) is 0 Å². The third-order valence-electron chi connectivity index (χ3n) is 3.71. The number of hydrogen-bond acceptors (Lipinski definition) is 3. The fraction of sp³-hybridized carbons (Fsp3) is 0.200. The van der Waals surface area contributed by atoms with Gasteiger partial charge in [-0.1, -0.05) is 23.2 Å². The van der Waals surface area contributed by atoms with Gasteiger partial charge in [-0.3, -0.25) is 0 Å². The van der Waals surface area contributed by atoms with E-state index in [2.05, 4.69) is 10.1 Å². The molecule has 0 aliphatic heterocycles. The molecule has 0 unspecified atom stereocenters. The molecule has 4 nitrogen and oxygen atoms in total. The molecule has 2 heterocycles. The first-order valence-electron chi connectivity index (χ1n) is 7.22. The van der Waals surface area contributed by atoms with Gasteiger partial charge in [-0.25, -0.2) is 14.1 Å². The fourth-order valence-corrected chi connectivity index (χ4v) is 3.20. The number of nitrogens with zero attached hydrogens (tertiary/aromatic N) is 3. The molecule has 0 bridgehead atoms. The molecule has 0 aliphatic carbocycles. The number of alkyl halides is 7. The molecule has 2 aromatic heterocycles. The van der Waals surface area contributed by atoms with Gasteiger partial charge >= 0.3 is 12.4 Å². The number of rotatable bonds is 2. The summed E-state index contributed by atoms with van der Waals surface area (Å²) in [6.07, 6.45) is -9.74. The molecule has 3 aromatic rings. The lowest BCUT2D eigenvalue weighted by Gasteiger charge is -2.13. The van der Waals surface area contributed by atoms with Crippen molar-refractivity contribution in [1.82, 2.24) is 14.8 Å². The maximum Gasteiger partial charge on any atom is 0.434 e. The minimum absolute atomic E-state index is 0.361. The summed E-state index contributed by atoms with van der Waals surface area (Å²) < 4.78 is 92.1. The molecule has 0 spiro atoms. The topological polar surface area (TPSA) is 56.7 Å². The van der Waals surface area contributed by atoms with Gasteiger partial charge in [0, 0.05) is 0 Å². The van der Waals surface area contributed by atoms with Crippen LogP contribution in [0.15, 0.2) is 18.2 Å². The highest BCUT2D eigenvalue weighted by atomic mass is 35.5. The van der Waals surface area contributed by atoms with E-state index in [0.29, 0.717) is 16.8 Å². The van der Waals surface area contributed by atoms with E-state index < -0.39 is 57.2 Å². The summed E-state index contributed by atoms with van der Waals surface area (Å²) in [5, 5.41) is 2.06. The molecular weight excluding hydrogens is 440 g/mol. The van der Waals surface area contributed by atoms with E-state index in [4.69, 9.17) is 28.9 Å². The monoisotopic (exact) mass is 446 g/mol. The number of anilines is 1. The van der Waals surface area contributed by atoms with Crippen LogP contribution in [0, 0.1) is 0 Å². The maximum atomic E-state index is 13.3. The van der Waals surface area contributed by atoms with E-state index in [9.17, 15) is 30.7 Å². The molecule has 0 radical (unpaired) electrons. The van der Waals surface area contributed by atoms with Gasteiger partial charge in [0.25, 0.3) is 0 Å². The summed E-state index contributed by atoms with van der Waals surface area (Å²) in [5.74, 6) is -0.621. The Morgan fingerprint density at radius 2 is 1.54 bits per heavy atom. The molecule has 0 saturated heterocycles. The zero-order valence-corrected chi connectivity index (χ0v) is 14.8. The first-order valence-corrected chi connectivity index (χ1v) is 7.98. The van der Waals surface area contributed by atoms with E-state index in [1.54, 1.807) is 0 Å². The van der Waals surface area contributed by atoms with Gasteiger partial charge in [-0.05, 0) is 18.2 Å². The molecule has 0 fully saturated rings. The van der Waals surface area contributed by atoms with Crippen molar-refractivity contribution in [3.8, 4) is 5.69 Å². The van der Waals surface area contributed by atoms with Crippen LogP contribution in [0.4, 0.5) is 36.6 Å².